The molecule has 0 saturated carbocycles. The van der Waals surface area contributed by atoms with Gasteiger partial charge < -0.3 is 9.47 Å². The highest BCUT2D eigenvalue weighted by Gasteiger charge is 2.40. The molecule has 4 aliphatic rings. The van der Waals surface area contributed by atoms with E-state index in [0.29, 0.717) is 0 Å². The number of hydrogen-bond acceptors (Lipinski definition) is 8. The molecular formula is C40H26O2S6. The van der Waals surface area contributed by atoms with Crippen LogP contribution in [0, 0.1) is 0 Å². The van der Waals surface area contributed by atoms with Crippen LogP contribution in [-0.2, 0) is 11.2 Å². The zero-order valence-corrected chi connectivity index (χ0v) is 31.2. The third-order valence-electron chi connectivity index (χ3n) is 9.49. The predicted octanol–water partition coefficient (Wildman–Crippen LogP) is 11.5. The van der Waals surface area contributed by atoms with Gasteiger partial charge >= 0.3 is 0 Å². The highest BCUT2D eigenvalue weighted by molar-refractivity contribution is 7.84. The Morgan fingerprint density at radius 2 is 0.833 bits per heavy atom. The minimum atomic E-state index is -0.533. The van der Waals surface area contributed by atoms with Crippen LogP contribution < -0.4 is 9.47 Å². The predicted molar refractivity (Wildman–Crippen MR) is 216 cm³/mol. The Balaban J connectivity index is 1.13. The normalized spacial score (nSPS) is 17.5. The quantitative estimate of drug-likeness (QED) is 0.132. The van der Waals surface area contributed by atoms with Gasteiger partial charge in [-0.25, -0.2) is 0 Å². The zero-order valence-electron chi connectivity index (χ0n) is 26.3. The van der Waals surface area contributed by atoms with Crippen LogP contribution in [0.1, 0.15) is 70.8 Å². The van der Waals surface area contributed by atoms with Crippen molar-refractivity contribution >= 4 is 103 Å². The standard InChI is InChI=1S/C40H26O2S6/c1-39(2)29-15-19(13-27-33(43)21-9-5-6-10-22(21)34(27)44)47-37(29)25-18-32-26(17-31(25)41-39)38-30(40(3,4)42-32)16-20(48-38)14-28-35(45)23-11-7-8-12-24(23)36(28)46/h5-18H,1-4H3. The van der Waals surface area contributed by atoms with Crippen molar-refractivity contribution in [3.05, 3.63) is 127 Å². The fourth-order valence-corrected chi connectivity index (χ4v) is 11.1. The molecule has 3 aromatic carbocycles. The largest absolute Gasteiger partial charge is 0.482 e. The minimum Gasteiger partial charge on any atom is -0.482 e. The lowest BCUT2D eigenvalue weighted by molar-refractivity contribution is 0.100. The molecule has 2 aromatic heterocycles. The summed E-state index contributed by atoms with van der Waals surface area (Å²) in [4.78, 5) is 7.79. The smallest absolute Gasteiger partial charge is 0.130 e. The molecular weight excluding hydrogens is 705 g/mol. The number of ether oxygens (including phenoxy) is 2. The maximum Gasteiger partial charge on any atom is 0.130 e. The molecule has 0 spiro atoms. The lowest BCUT2D eigenvalue weighted by Gasteiger charge is -2.36. The molecule has 8 heteroatoms. The van der Waals surface area contributed by atoms with Crippen molar-refractivity contribution in [2.24, 2.45) is 0 Å². The molecule has 234 valence electrons. The molecule has 0 fully saturated rings. The van der Waals surface area contributed by atoms with E-state index in [4.69, 9.17) is 58.3 Å². The molecule has 0 atom stereocenters. The SMILES string of the molecule is CC1(C)Oc2cc3c(cc2-c2sc(C=C4C(=S)c5ccccc5C4=S)cc21)OC(C)(C)c1cc(C=C2C(=S)c4ccccc4C2=S)sc1-3. The Bertz CT molecular complexity index is 2190. The van der Waals surface area contributed by atoms with Gasteiger partial charge in [-0.15, -0.1) is 22.7 Å². The van der Waals surface area contributed by atoms with Crippen molar-refractivity contribution in [3.63, 3.8) is 0 Å². The van der Waals surface area contributed by atoms with Crippen LogP contribution in [0.4, 0.5) is 0 Å². The lowest BCUT2D eigenvalue weighted by atomic mass is 9.88. The van der Waals surface area contributed by atoms with Crippen LogP contribution in [0.15, 0.2) is 83.9 Å². The first-order valence-corrected chi connectivity index (χ1v) is 18.8. The van der Waals surface area contributed by atoms with Gasteiger partial charge in [-0.1, -0.05) is 97.4 Å². The highest BCUT2D eigenvalue weighted by Crippen LogP contribution is 2.56. The summed E-state index contributed by atoms with van der Waals surface area (Å²) in [5, 5.41) is 0. The maximum absolute atomic E-state index is 6.77. The van der Waals surface area contributed by atoms with E-state index in [9.17, 15) is 0 Å². The van der Waals surface area contributed by atoms with Gasteiger partial charge in [0.25, 0.3) is 0 Å². The number of thiophene rings is 2. The Kier molecular flexibility index (Phi) is 6.68. The summed E-state index contributed by atoms with van der Waals surface area (Å²) in [7, 11) is 0. The average Bonchev–Trinajstić information content (AvgIpc) is 3.80. The second-order valence-corrected chi connectivity index (χ2v) is 17.2. The number of fused-ring (bicyclic) bond motifs is 8. The van der Waals surface area contributed by atoms with Gasteiger partial charge in [0, 0.05) is 75.2 Å². The second kappa shape index (κ2) is 10.5. The fraction of sp³-hybridized carbons (Fsp3) is 0.150. The van der Waals surface area contributed by atoms with Crippen molar-refractivity contribution in [1.82, 2.24) is 0 Å². The van der Waals surface area contributed by atoms with E-state index in [1.807, 2.05) is 24.3 Å². The summed E-state index contributed by atoms with van der Waals surface area (Å²) in [5.41, 5.74) is 9.33. The average molecular weight is 731 g/mol. The first-order valence-electron chi connectivity index (χ1n) is 15.6. The monoisotopic (exact) mass is 730 g/mol. The number of hydrogen-bond donors (Lipinski definition) is 0. The third kappa shape index (κ3) is 4.43. The molecule has 2 aliphatic heterocycles. The summed E-state index contributed by atoms with van der Waals surface area (Å²) in [6, 6.07) is 25.0. The van der Waals surface area contributed by atoms with Gasteiger partial charge in [-0.05, 0) is 64.1 Å². The fourth-order valence-electron chi connectivity index (χ4n) is 7.09. The third-order valence-corrected chi connectivity index (χ3v) is 13.5. The van der Waals surface area contributed by atoms with Crippen molar-refractivity contribution in [1.29, 1.82) is 0 Å². The topological polar surface area (TPSA) is 18.5 Å². The van der Waals surface area contributed by atoms with Crippen LogP contribution in [0.2, 0.25) is 0 Å². The van der Waals surface area contributed by atoms with Crippen LogP contribution in [0.3, 0.4) is 0 Å². The van der Waals surface area contributed by atoms with Gasteiger partial charge in [0.2, 0.25) is 0 Å². The summed E-state index contributed by atoms with van der Waals surface area (Å²) >= 11 is 27.0. The Labute approximate surface area is 308 Å². The molecule has 5 aromatic rings. The number of benzene rings is 3. The van der Waals surface area contributed by atoms with Crippen molar-refractivity contribution in [2.45, 2.75) is 38.9 Å². The molecule has 0 amide bonds. The molecule has 0 bridgehead atoms. The Morgan fingerprint density at radius 1 is 0.500 bits per heavy atom. The minimum absolute atomic E-state index is 0.533. The van der Waals surface area contributed by atoms with E-state index in [1.165, 1.54) is 9.75 Å². The molecule has 48 heavy (non-hydrogen) atoms. The number of rotatable bonds is 2. The first-order chi connectivity index (χ1) is 22.9. The van der Waals surface area contributed by atoms with E-state index in [1.54, 1.807) is 22.7 Å². The van der Waals surface area contributed by atoms with Crippen molar-refractivity contribution in [3.8, 4) is 32.4 Å². The molecule has 0 N–H and O–H groups in total. The van der Waals surface area contributed by atoms with Crippen molar-refractivity contribution in [2.75, 3.05) is 0 Å². The molecule has 0 radical (unpaired) electrons. The van der Waals surface area contributed by atoms with Crippen LogP contribution >= 0.6 is 71.5 Å². The summed E-state index contributed by atoms with van der Waals surface area (Å²) in [6.45, 7) is 8.52. The molecule has 0 saturated heterocycles. The van der Waals surface area contributed by atoms with Gasteiger partial charge in [-0.3, -0.25) is 0 Å². The molecule has 2 aliphatic carbocycles. The van der Waals surface area contributed by atoms with E-state index >= 15 is 0 Å². The van der Waals surface area contributed by atoms with Gasteiger partial charge in [0.15, 0.2) is 0 Å². The summed E-state index contributed by atoms with van der Waals surface area (Å²) < 4.78 is 13.5. The van der Waals surface area contributed by atoms with E-state index in [0.717, 1.165) is 96.4 Å². The van der Waals surface area contributed by atoms with Gasteiger partial charge in [-0.2, -0.15) is 0 Å². The molecule has 2 nitrogen and oxygen atoms in total. The highest BCUT2D eigenvalue weighted by atomic mass is 32.1. The van der Waals surface area contributed by atoms with E-state index in [2.05, 4.69) is 88.4 Å². The Hall–Kier alpha value is -3.50. The number of thiocarbonyl (C=S) groups is 4. The molecule has 9 rings (SSSR count). The van der Waals surface area contributed by atoms with Crippen molar-refractivity contribution < 1.29 is 9.47 Å². The van der Waals surface area contributed by atoms with E-state index in [-0.39, 0.29) is 0 Å². The molecule has 0 unspecified atom stereocenters. The van der Waals surface area contributed by atoms with E-state index < -0.39 is 11.2 Å². The van der Waals surface area contributed by atoms with Gasteiger partial charge in [0.05, 0.1) is 19.5 Å². The first kappa shape index (κ1) is 30.6. The second-order valence-electron chi connectivity index (χ2n) is 13.4. The van der Waals surface area contributed by atoms with Crippen LogP contribution in [0.5, 0.6) is 11.5 Å². The molecule has 4 heterocycles. The summed E-state index contributed by atoms with van der Waals surface area (Å²) in [6.07, 6.45) is 4.30. The zero-order chi connectivity index (χ0) is 33.3. The summed E-state index contributed by atoms with van der Waals surface area (Å²) in [5.74, 6) is 1.70. The van der Waals surface area contributed by atoms with Gasteiger partial charge in [0.1, 0.15) is 22.7 Å². The lowest BCUT2D eigenvalue weighted by Crippen LogP contribution is -2.30. The Morgan fingerprint density at radius 3 is 1.17 bits per heavy atom. The maximum atomic E-state index is 6.77. The number of allylic oxidation sites excluding steroid dienone is 2. The van der Waals surface area contributed by atoms with Crippen LogP contribution in [0.25, 0.3) is 33.0 Å². The van der Waals surface area contributed by atoms with Crippen LogP contribution in [-0.4, -0.2) is 19.5 Å².